The van der Waals surface area contributed by atoms with Gasteiger partial charge in [0.05, 0.1) is 24.9 Å². The molecule has 0 aromatic heterocycles. The molecule has 0 saturated carbocycles. The predicted octanol–water partition coefficient (Wildman–Crippen LogP) is 2.32. The Morgan fingerprint density at radius 1 is 1.29 bits per heavy atom. The summed E-state index contributed by atoms with van der Waals surface area (Å²) in [6.07, 6.45) is 0. The Bertz CT molecular complexity index is 685. The van der Waals surface area contributed by atoms with Crippen molar-refractivity contribution >= 4 is 17.3 Å². The van der Waals surface area contributed by atoms with E-state index in [1.165, 1.54) is 0 Å². The molecular weight excluding hydrogens is 268 g/mol. The zero-order valence-electron chi connectivity index (χ0n) is 11.7. The van der Waals surface area contributed by atoms with Crippen molar-refractivity contribution in [1.82, 2.24) is 0 Å². The number of nitrogens with two attached hydrogens (primary N) is 1. The van der Waals surface area contributed by atoms with E-state index in [-0.39, 0.29) is 5.91 Å². The van der Waals surface area contributed by atoms with Gasteiger partial charge >= 0.3 is 0 Å². The average Bonchev–Trinajstić information content (AvgIpc) is 2.53. The number of amides is 1. The van der Waals surface area contributed by atoms with Gasteiger partial charge in [-0.25, -0.2) is 0 Å². The number of anilines is 2. The molecule has 2 N–H and O–H groups in total. The summed E-state index contributed by atoms with van der Waals surface area (Å²) in [6.45, 7) is 0.972. The van der Waals surface area contributed by atoms with Gasteiger partial charge in [-0.15, -0.1) is 0 Å². The van der Waals surface area contributed by atoms with E-state index in [0.29, 0.717) is 35.9 Å². The lowest BCUT2D eigenvalue weighted by molar-refractivity contribution is 0.0977. The predicted molar refractivity (Wildman–Crippen MR) is 81.0 cm³/mol. The molecule has 0 fully saturated rings. The molecule has 5 nitrogen and oxygen atoms in total. The van der Waals surface area contributed by atoms with E-state index in [1.54, 1.807) is 30.2 Å². The quantitative estimate of drug-likeness (QED) is 0.860. The second-order valence-electron chi connectivity index (χ2n) is 4.73. The normalized spacial score (nSPS) is 13.3. The molecule has 1 amide bonds. The van der Waals surface area contributed by atoms with E-state index < -0.39 is 0 Å². The van der Waals surface area contributed by atoms with Crippen molar-refractivity contribution in [2.45, 2.75) is 0 Å². The monoisotopic (exact) mass is 284 g/mol. The summed E-state index contributed by atoms with van der Waals surface area (Å²) in [7, 11) is 1.56. The van der Waals surface area contributed by atoms with Crippen LogP contribution in [-0.2, 0) is 0 Å². The summed E-state index contributed by atoms with van der Waals surface area (Å²) in [4.78, 5) is 14.4. The molecule has 0 saturated heterocycles. The average molecular weight is 284 g/mol. The second kappa shape index (κ2) is 5.36. The lowest BCUT2D eigenvalue weighted by Gasteiger charge is -2.29. The molecule has 21 heavy (non-hydrogen) atoms. The largest absolute Gasteiger partial charge is 0.497 e. The molecular formula is C16H16N2O3. The number of hydrogen-bond acceptors (Lipinski definition) is 4. The molecule has 1 aliphatic rings. The first kappa shape index (κ1) is 13.3. The number of carbonyl (C=O) groups is 1. The van der Waals surface area contributed by atoms with Gasteiger partial charge in [0.1, 0.15) is 18.1 Å². The third-order valence-corrected chi connectivity index (χ3v) is 3.46. The molecule has 0 atom stereocenters. The molecule has 0 radical (unpaired) electrons. The molecule has 108 valence electrons. The first-order valence-electron chi connectivity index (χ1n) is 6.68. The van der Waals surface area contributed by atoms with Crippen LogP contribution in [0.5, 0.6) is 11.5 Å². The fourth-order valence-corrected chi connectivity index (χ4v) is 2.39. The number of nitrogen functional groups attached to an aromatic ring is 1. The molecule has 2 aromatic carbocycles. The maximum atomic E-state index is 12.7. The van der Waals surface area contributed by atoms with E-state index in [9.17, 15) is 4.79 Å². The highest BCUT2D eigenvalue weighted by molar-refractivity contribution is 6.10. The van der Waals surface area contributed by atoms with Crippen molar-refractivity contribution in [2.75, 3.05) is 30.9 Å². The highest BCUT2D eigenvalue weighted by atomic mass is 16.5. The summed E-state index contributed by atoms with van der Waals surface area (Å²) >= 11 is 0. The number of rotatable bonds is 2. The minimum atomic E-state index is -0.133. The third kappa shape index (κ3) is 2.38. The molecule has 5 heteroatoms. The smallest absolute Gasteiger partial charge is 0.260 e. The Morgan fingerprint density at radius 3 is 2.86 bits per heavy atom. The van der Waals surface area contributed by atoms with E-state index in [4.69, 9.17) is 15.2 Å². The minimum Gasteiger partial charge on any atom is -0.497 e. The maximum absolute atomic E-state index is 12.7. The Kier molecular flexibility index (Phi) is 3.39. The maximum Gasteiger partial charge on any atom is 0.260 e. The fourth-order valence-electron chi connectivity index (χ4n) is 2.39. The molecule has 1 aliphatic heterocycles. The van der Waals surface area contributed by atoms with E-state index >= 15 is 0 Å². The first-order chi connectivity index (χ1) is 10.2. The number of nitrogens with zero attached hydrogens (tertiary/aromatic N) is 1. The Labute approximate surface area is 122 Å². The van der Waals surface area contributed by atoms with Crippen LogP contribution in [0.25, 0.3) is 0 Å². The van der Waals surface area contributed by atoms with Gasteiger partial charge in [-0.3, -0.25) is 4.79 Å². The summed E-state index contributed by atoms with van der Waals surface area (Å²) in [5.74, 6) is 1.21. The third-order valence-electron chi connectivity index (χ3n) is 3.46. The van der Waals surface area contributed by atoms with Crippen LogP contribution in [0, 0.1) is 0 Å². The number of fused-ring (bicyclic) bond motifs is 1. The van der Waals surface area contributed by atoms with E-state index in [2.05, 4.69) is 0 Å². The Morgan fingerprint density at radius 2 is 2.10 bits per heavy atom. The SMILES string of the molecule is COc1ccc(C(=O)N2CCOc3ccccc32)c(N)c1. The number of para-hydroxylation sites is 2. The molecule has 0 spiro atoms. The number of hydrogen-bond donors (Lipinski definition) is 1. The van der Waals surface area contributed by atoms with Gasteiger partial charge in [0.15, 0.2) is 0 Å². The van der Waals surface area contributed by atoms with Gasteiger partial charge in [0, 0.05) is 11.8 Å². The zero-order valence-corrected chi connectivity index (χ0v) is 11.7. The molecule has 0 unspecified atom stereocenters. The van der Waals surface area contributed by atoms with Crippen molar-refractivity contribution in [3.63, 3.8) is 0 Å². The van der Waals surface area contributed by atoms with Gasteiger partial charge in [0.2, 0.25) is 0 Å². The minimum absolute atomic E-state index is 0.133. The Balaban J connectivity index is 1.97. The van der Waals surface area contributed by atoms with Gasteiger partial charge < -0.3 is 20.1 Å². The van der Waals surface area contributed by atoms with Crippen LogP contribution in [0.1, 0.15) is 10.4 Å². The van der Waals surface area contributed by atoms with Crippen LogP contribution in [0.4, 0.5) is 11.4 Å². The van der Waals surface area contributed by atoms with Crippen molar-refractivity contribution in [2.24, 2.45) is 0 Å². The fraction of sp³-hybridized carbons (Fsp3) is 0.188. The van der Waals surface area contributed by atoms with Crippen LogP contribution >= 0.6 is 0 Å². The summed E-state index contributed by atoms with van der Waals surface area (Å²) in [5, 5.41) is 0. The van der Waals surface area contributed by atoms with Crippen LogP contribution in [-0.4, -0.2) is 26.2 Å². The number of benzene rings is 2. The van der Waals surface area contributed by atoms with Gasteiger partial charge in [0.25, 0.3) is 5.91 Å². The molecule has 0 bridgehead atoms. The van der Waals surface area contributed by atoms with Crippen molar-refractivity contribution in [3.05, 3.63) is 48.0 Å². The van der Waals surface area contributed by atoms with E-state index in [1.807, 2.05) is 24.3 Å². The standard InChI is InChI=1S/C16H16N2O3/c1-20-11-6-7-12(13(17)10-11)16(19)18-8-9-21-15-5-3-2-4-14(15)18/h2-7,10H,8-9,17H2,1H3. The van der Waals surface area contributed by atoms with Crippen molar-refractivity contribution in [3.8, 4) is 11.5 Å². The van der Waals surface area contributed by atoms with E-state index in [0.717, 1.165) is 5.69 Å². The lowest BCUT2D eigenvalue weighted by atomic mass is 10.1. The van der Waals surface area contributed by atoms with Gasteiger partial charge in [-0.2, -0.15) is 0 Å². The van der Waals surface area contributed by atoms with Crippen molar-refractivity contribution in [1.29, 1.82) is 0 Å². The lowest BCUT2D eigenvalue weighted by Crippen LogP contribution is -2.38. The Hall–Kier alpha value is -2.69. The van der Waals surface area contributed by atoms with Crippen molar-refractivity contribution < 1.29 is 14.3 Å². The number of carbonyl (C=O) groups excluding carboxylic acids is 1. The van der Waals surface area contributed by atoms with Crippen LogP contribution in [0.15, 0.2) is 42.5 Å². The van der Waals surface area contributed by atoms with Crippen LogP contribution in [0.2, 0.25) is 0 Å². The second-order valence-corrected chi connectivity index (χ2v) is 4.73. The van der Waals surface area contributed by atoms with Crippen LogP contribution < -0.4 is 20.1 Å². The van der Waals surface area contributed by atoms with Crippen LogP contribution in [0.3, 0.4) is 0 Å². The number of methoxy groups -OCH3 is 1. The topological polar surface area (TPSA) is 64.8 Å². The summed E-state index contributed by atoms with van der Waals surface area (Å²) in [5.41, 5.74) is 7.60. The molecule has 3 rings (SSSR count). The highest BCUT2D eigenvalue weighted by Crippen LogP contribution is 2.33. The first-order valence-corrected chi connectivity index (χ1v) is 6.68. The molecule has 1 heterocycles. The summed E-state index contributed by atoms with van der Waals surface area (Å²) < 4.78 is 10.7. The summed E-state index contributed by atoms with van der Waals surface area (Å²) in [6, 6.07) is 12.6. The molecule has 0 aliphatic carbocycles. The van der Waals surface area contributed by atoms with Gasteiger partial charge in [-0.1, -0.05) is 12.1 Å². The molecule has 2 aromatic rings. The number of ether oxygens (including phenoxy) is 2. The van der Waals surface area contributed by atoms with Gasteiger partial charge in [-0.05, 0) is 24.3 Å². The highest BCUT2D eigenvalue weighted by Gasteiger charge is 2.25. The zero-order chi connectivity index (χ0) is 14.8.